The summed E-state index contributed by atoms with van der Waals surface area (Å²) < 4.78 is 0. The number of unbranched alkanes of at least 4 members (excludes halogenated alkanes) is 1. The number of nitrogens with two attached hydrogens (primary N) is 1. The number of carboxylic acid groups (broad SMARTS) is 1. The van der Waals surface area contributed by atoms with Gasteiger partial charge >= 0.3 is 5.97 Å². The van der Waals surface area contributed by atoms with E-state index in [4.69, 9.17) is 5.73 Å². The van der Waals surface area contributed by atoms with Crippen molar-refractivity contribution in [2.45, 2.75) is 83.0 Å². The number of fused-ring (bicyclic) bond motifs is 1. The molecule has 2 aromatic rings. The molecule has 1 aliphatic rings. The Hall–Kier alpha value is -3.44. The third kappa shape index (κ3) is 8.27. The summed E-state index contributed by atoms with van der Waals surface area (Å²) >= 11 is 0. The SMILES string of the molecule is CCC(C)C(NC(=O)C(Cc1c[nH]c2ccccc12)NC(=O)C(CCCCN)NC(=O)C1CCCN1)C(=O)O. The zero-order valence-electron chi connectivity index (χ0n) is 22.8. The summed E-state index contributed by atoms with van der Waals surface area (Å²) in [6.07, 6.45) is 5.75. The molecule has 11 heteroatoms. The van der Waals surface area contributed by atoms with Gasteiger partial charge in [0.15, 0.2) is 0 Å². The van der Waals surface area contributed by atoms with Crippen LogP contribution in [0.4, 0.5) is 0 Å². The van der Waals surface area contributed by atoms with E-state index in [0.717, 1.165) is 29.4 Å². The number of amides is 3. The lowest BCUT2D eigenvalue weighted by molar-refractivity contribution is -0.143. The molecule has 0 saturated carbocycles. The summed E-state index contributed by atoms with van der Waals surface area (Å²) in [6.45, 7) is 4.82. The van der Waals surface area contributed by atoms with E-state index in [0.29, 0.717) is 38.6 Å². The van der Waals surface area contributed by atoms with Gasteiger partial charge in [0.1, 0.15) is 18.1 Å². The van der Waals surface area contributed by atoms with Crippen molar-refractivity contribution in [3.8, 4) is 0 Å². The van der Waals surface area contributed by atoms with Crippen LogP contribution < -0.4 is 27.0 Å². The molecule has 3 rings (SSSR count). The number of aliphatic carboxylic acids is 1. The molecule has 3 amide bonds. The number of carboxylic acids is 1. The zero-order chi connectivity index (χ0) is 28.4. The number of benzene rings is 1. The number of rotatable bonds is 15. The van der Waals surface area contributed by atoms with E-state index in [2.05, 4.69) is 26.3 Å². The summed E-state index contributed by atoms with van der Waals surface area (Å²) in [6, 6.07) is 4.25. The van der Waals surface area contributed by atoms with Gasteiger partial charge in [-0.15, -0.1) is 0 Å². The predicted molar refractivity (Wildman–Crippen MR) is 149 cm³/mol. The van der Waals surface area contributed by atoms with Gasteiger partial charge in [0.2, 0.25) is 17.7 Å². The molecule has 0 spiro atoms. The monoisotopic (exact) mass is 542 g/mol. The summed E-state index contributed by atoms with van der Waals surface area (Å²) in [5.41, 5.74) is 7.33. The fourth-order valence-electron chi connectivity index (χ4n) is 4.88. The van der Waals surface area contributed by atoms with Crippen LogP contribution >= 0.6 is 0 Å². The fraction of sp³-hybridized carbons (Fsp3) is 0.571. The molecule has 0 radical (unpaired) electrons. The molecule has 0 aliphatic carbocycles. The van der Waals surface area contributed by atoms with Crippen LogP contribution in [0.1, 0.15) is 57.9 Å². The molecule has 5 unspecified atom stereocenters. The first-order valence-electron chi connectivity index (χ1n) is 13.9. The topological polar surface area (TPSA) is 178 Å². The van der Waals surface area contributed by atoms with Gasteiger partial charge in [0, 0.05) is 23.5 Å². The van der Waals surface area contributed by atoms with Gasteiger partial charge in [0.05, 0.1) is 6.04 Å². The highest BCUT2D eigenvalue weighted by atomic mass is 16.4. The molecule has 1 aromatic carbocycles. The quantitative estimate of drug-likeness (QED) is 0.165. The molecule has 0 bridgehead atoms. The van der Waals surface area contributed by atoms with Crippen LogP contribution in [0.2, 0.25) is 0 Å². The molecule has 11 nitrogen and oxygen atoms in total. The highest BCUT2D eigenvalue weighted by molar-refractivity contribution is 5.95. The predicted octanol–water partition coefficient (Wildman–Crippen LogP) is 1.18. The number of H-pyrrole nitrogens is 1. The summed E-state index contributed by atoms with van der Waals surface area (Å²) in [7, 11) is 0. The van der Waals surface area contributed by atoms with E-state index in [1.165, 1.54) is 0 Å². The first-order valence-corrected chi connectivity index (χ1v) is 13.9. The van der Waals surface area contributed by atoms with Crippen LogP contribution in [0.15, 0.2) is 30.5 Å². The minimum absolute atomic E-state index is 0.141. The summed E-state index contributed by atoms with van der Waals surface area (Å²) in [4.78, 5) is 54.9. The van der Waals surface area contributed by atoms with E-state index in [9.17, 15) is 24.3 Å². The molecule has 214 valence electrons. The standard InChI is InChI=1S/C28H42N6O5/c1-3-17(2)24(28(38)39)34-27(37)23(15-18-16-31-20-10-5-4-9-19(18)20)33-26(36)22(11-6-7-13-29)32-25(35)21-12-8-14-30-21/h4-5,9-10,16-17,21-24,30-31H,3,6-8,11-15,29H2,1-2H3,(H,32,35)(H,33,36)(H,34,37)(H,38,39). The van der Waals surface area contributed by atoms with Crippen molar-refractivity contribution >= 4 is 34.6 Å². The Morgan fingerprint density at radius 2 is 1.82 bits per heavy atom. The molecule has 5 atom stereocenters. The van der Waals surface area contributed by atoms with Crippen LogP contribution in [0.5, 0.6) is 0 Å². The maximum atomic E-state index is 13.5. The van der Waals surface area contributed by atoms with Crippen LogP contribution in [0, 0.1) is 5.92 Å². The van der Waals surface area contributed by atoms with Crippen molar-refractivity contribution in [3.05, 3.63) is 36.0 Å². The fourth-order valence-corrected chi connectivity index (χ4v) is 4.88. The van der Waals surface area contributed by atoms with Crippen LogP contribution in [0.3, 0.4) is 0 Å². The number of para-hydroxylation sites is 1. The maximum absolute atomic E-state index is 13.5. The molecule has 8 N–H and O–H groups in total. The number of carbonyl (C=O) groups is 4. The molecule has 39 heavy (non-hydrogen) atoms. The third-order valence-corrected chi connectivity index (χ3v) is 7.47. The van der Waals surface area contributed by atoms with E-state index >= 15 is 0 Å². The molecule has 1 aliphatic heterocycles. The molecular weight excluding hydrogens is 500 g/mol. The highest BCUT2D eigenvalue weighted by Gasteiger charge is 2.33. The largest absolute Gasteiger partial charge is 0.480 e. The van der Waals surface area contributed by atoms with Crippen molar-refractivity contribution in [2.24, 2.45) is 11.7 Å². The number of aromatic amines is 1. The minimum Gasteiger partial charge on any atom is -0.480 e. The average molecular weight is 543 g/mol. The molecule has 2 heterocycles. The van der Waals surface area contributed by atoms with Crippen LogP contribution in [-0.2, 0) is 25.6 Å². The number of hydrogen-bond donors (Lipinski definition) is 7. The summed E-state index contributed by atoms with van der Waals surface area (Å²) in [5, 5.41) is 22.1. The van der Waals surface area contributed by atoms with Gasteiger partial charge in [-0.3, -0.25) is 14.4 Å². The Balaban J connectivity index is 1.83. The van der Waals surface area contributed by atoms with Gasteiger partial charge in [0.25, 0.3) is 0 Å². The highest BCUT2D eigenvalue weighted by Crippen LogP contribution is 2.20. The molecule has 1 aromatic heterocycles. The van der Waals surface area contributed by atoms with Gasteiger partial charge < -0.3 is 37.1 Å². The molecule has 1 fully saturated rings. The maximum Gasteiger partial charge on any atom is 0.326 e. The van der Waals surface area contributed by atoms with Crippen LogP contribution in [0.25, 0.3) is 10.9 Å². The second kappa shape index (κ2) is 14.6. The van der Waals surface area contributed by atoms with Crippen molar-refractivity contribution < 1.29 is 24.3 Å². The molecule has 1 saturated heterocycles. The van der Waals surface area contributed by atoms with Gasteiger partial charge in [-0.25, -0.2) is 4.79 Å². The van der Waals surface area contributed by atoms with Crippen molar-refractivity contribution in [1.82, 2.24) is 26.3 Å². The van der Waals surface area contributed by atoms with Gasteiger partial charge in [-0.1, -0.05) is 38.5 Å². The van der Waals surface area contributed by atoms with Crippen LogP contribution in [-0.4, -0.2) is 71.0 Å². The lowest BCUT2D eigenvalue weighted by Crippen LogP contribution is -2.58. The smallest absolute Gasteiger partial charge is 0.326 e. The normalized spacial score (nSPS) is 18.2. The Bertz CT molecular complexity index is 1130. The first-order chi connectivity index (χ1) is 18.7. The lowest BCUT2D eigenvalue weighted by atomic mass is 9.97. The van der Waals surface area contributed by atoms with E-state index in [1.807, 2.05) is 31.2 Å². The zero-order valence-corrected chi connectivity index (χ0v) is 22.8. The number of aromatic nitrogens is 1. The number of carbonyl (C=O) groups excluding carboxylic acids is 3. The van der Waals surface area contributed by atoms with E-state index in [-0.39, 0.29) is 24.3 Å². The van der Waals surface area contributed by atoms with Gasteiger partial charge in [-0.05, 0) is 62.7 Å². The van der Waals surface area contributed by atoms with E-state index < -0.39 is 35.9 Å². The molecular formula is C28H42N6O5. The average Bonchev–Trinajstić information content (AvgIpc) is 3.61. The Labute approximate surface area is 229 Å². The van der Waals surface area contributed by atoms with Crippen molar-refractivity contribution in [2.75, 3.05) is 13.1 Å². The second-order valence-corrected chi connectivity index (χ2v) is 10.3. The Morgan fingerprint density at radius 3 is 2.49 bits per heavy atom. The van der Waals surface area contributed by atoms with Crippen molar-refractivity contribution in [1.29, 1.82) is 0 Å². The first kappa shape index (κ1) is 30.1. The van der Waals surface area contributed by atoms with E-state index in [1.54, 1.807) is 13.1 Å². The lowest BCUT2D eigenvalue weighted by Gasteiger charge is -2.26. The second-order valence-electron chi connectivity index (χ2n) is 10.3. The Kier molecular flexibility index (Phi) is 11.3. The summed E-state index contributed by atoms with van der Waals surface area (Å²) in [5.74, 6) is -2.77. The number of hydrogen-bond acceptors (Lipinski definition) is 6. The Morgan fingerprint density at radius 1 is 1.08 bits per heavy atom. The van der Waals surface area contributed by atoms with Crippen molar-refractivity contribution in [3.63, 3.8) is 0 Å². The number of nitrogens with one attached hydrogen (secondary N) is 5. The van der Waals surface area contributed by atoms with Gasteiger partial charge in [-0.2, -0.15) is 0 Å². The minimum atomic E-state index is -1.13. The third-order valence-electron chi connectivity index (χ3n) is 7.47.